The Balaban J connectivity index is 3.77. The number of hydrogen-bond donors (Lipinski definition) is 1. The molecule has 3 nitrogen and oxygen atoms in total. The van der Waals surface area contributed by atoms with E-state index in [0.717, 1.165) is 6.42 Å². The Labute approximate surface area is 80.1 Å². The minimum atomic E-state index is -0.408. The van der Waals surface area contributed by atoms with Gasteiger partial charge in [-0.1, -0.05) is 13.8 Å². The average Bonchev–Trinajstić information content (AvgIpc) is 2.01. The van der Waals surface area contributed by atoms with Crippen LogP contribution < -0.4 is 0 Å². The van der Waals surface area contributed by atoms with Crippen molar-refractivity contribution in [3.8, 4) is 0 Å². The molecule has 0 fully saturated rings. The van der Waals surface area contributed by atoms with Crippen LogP contribution in [-0.2, 0) is 9.53 Å². The quantitative estimate of drug-likeness (QED) is 0.666. The van der Waals surface area contributed by atoms with Crippen LogP contribution in [0.3, 0.4) is 0 Å². The molecule has 2 atom stereocenters. The summed E-state index contributed by atoms with van der Waals surface area (Å²) >= 11 is 0. The van der Waals surface area contributed by atoms with Crippen LogP contribution in [0, 0.1) is 11.8 Å². The molecule has 0 radical (unpaired) electrons. The number of rotatable bonds is 5. The molecule has 0 bridgehead atoms. The van der Waals surface area contributed by atoms with Gasteiger partial charge in [-0.2, -0.15) is 0 Å². The first-order valence-corrected chi connectivity index (χ1v) is 4.78. The molecule has 0 aromatic rings. The molecule has 0 rings (SSSR count). The fraction of sp³-hybridized carbons (Fsp3) is 0.900. The van der Waals surface area contributed by atoms with Crippen molar-refractivity contribution in [3.63, 3.8) is 0 Å². The number of carbonyl (C=O) groups is 1. The highest BCUT2D eigenvalue weighted by Crippen LogP contribution is 2.09. The van der Waals surface area contributed by atoms with Gasteiger partial charge >= 0.3 is 5.97 Å². The summed E-state index contributed by atoms with van der Waals surface area (Å²) in [5.74, 6) is -0.197. The summed E-state index contributed by atoms with van der Waals surface area (Å²) in [6, 6.07) is 0. The highest BCUT2D eigenvalue weighted by atomic mass is 16.5. The van der Waals surface area contributed by atoms with Crippen molar-refractivity contribution in [1.82, 2.24) is 0 Å². The van der Waals surface area contributed by atoms with E-state index in [9.17, 15) is 4.79 Å². The van der Waals surface area contributed by atoms with Crippen molar-refractivity contribution >= 4 is 5.97 Å². The third kappa shape index (κ3) is 5.64. The highest BCUT2D eigenvalue weighted by molar-refractivity contribution is 5.72. The number of aliphatic hydroxyl groups excluding tert-OH is 1. The van der Waals surface area contributed by atoms with Crippen LogP contribution in [-0.4, -0.2) is 23.8 Å². The first-order valence-electron chi connectivity index (χ1n) is 4.78. The van der Waals surface area contributed by atoms with Gasteiger partial charge in [-0.15, -0.1) is 0 Å². The third-order valence-electron chi connectivity index (χ3n) is 1.80. The number of ether oxygens (including phenoxy) is 1. The zero-order valence-electron chi connectivity index (χ0n) is 8.91. The molecule has 0 aliphatic rings. The fourth-order valence-electron chi connectivity index (χ4n) is 1.10. The van der Waals surface area contributed by atoms with Gasteiger partial charge in [0, 0.05) is 0 Å². The van der Waals surface area contributed by atoms with Crippen molar-refractivity contribution in [3.05, 3.63) is 0 Å². The van der Waals surface area contributed by atoms with Crippen molar-refractivity contribution in [1.29, 1.82) is 0 Å². The van der Waals surface area contributed by atoms with Crippen molar-refractivity contribution in [2.75, 3.05) is 6.61 Å². The van der Waals surface area contributed by atoms with Gasteiger partial charge in [0.25, 0.3) is 0 Å². The normalized spacial score (nSPS) is 15.5. The maximum atomic E-state index is 11.2. The lowest BCUT2D eigenvalue weighted by Gasteiger charge is -2.17. The fourth-order valence-corrected chi connectivity index (χ4v) is 1.10. The minimum Gasteiger partial charge on any atom is -0.462 e. The monoisotopic (exact) mass is 188 g/mol. The molecule has 0 saturated heterocycles. The van der Waals surface area contributed by atoms with E-state index in [1.54, 1.807) is 6.92 Å². The lowest BCUT2D eigenvalue weighted by atomic mass is 10.1. The number of carbonyl (C=O) groups excluding carboxylic acids is 1. The van der Waals surface area contributed by atoms with Crippen LogP contribution in [0.1, 0.15) is 34.1 Å². The SMILES string of the molecule is CC(C)CC(C)OC(=O)C(C)CO. The molecule has 0 aliphatic heterocycles. The molecular weight excluding hydrogens is 168 g/mol. The van der Waals surface area contributed by atoms with Crippen molar-refractivity contribution in [2.45, 2.75) is 40.2 Å². The predicted octanol–water partition coefficient (Wildman–Crippen LogP) is 1.59. The van der Waals surface area contributed by atoms with Gasteiger partial charge in [0.05, 0.1) is 18.6 Å². The molecule has 2 unspecified atom stereocenters. The Morgan fingerprint density at radius 1 is 1.31 bits per heavy atom. The second-order valence-electron chi connectivity index (χ2n) is 3.96. The summed E-state index contributed by atoms with van der Waals surface area (Å²) in [6.07, 6.45) is 0.811. The maximum Gasteiger partial charge on any atom is 0.311 e. The second-order valence-corrected chi connectivity index (χ2v) is 3.96. The predicted molar refractivity (Wildman–Crippen MR) is 51.3 cm³/mol. The molecular formula is C10H20O3. The standard InChI is InChI=1S/C10H20O3/c1-7(2)5-9(4)13-10(12)8(3)6-11/h7-9,11H,5-6H2,1-4H3. The number of aliphatic hydroxyl groups is 1. The summed E-state index contributed by atoms with van der Waals surface area (Å²) < 4.78 is 5.11. The molecule has 0 aromatic carbocycles. The molecule has 0 aromatic heterocycles. The van der Waals surface area contributed by atoms with E-state index in [-0.39, 0.29) is 18.7 Å². The highest BCUT2D eigenvalue weighted by Gasteiger charge is 2.16. The molecule has 13 heavy (non-hydrogen) atoms. The van der Waals surface area contributed by atoms with E-state index in [4.69, 9.17) is 9.84 Å². The van der Waals surface area contributed by atoms with E-state index in [1.165, 1.54) is 0 Å². The van der Waals surface area contributed by atoms with Crippen LogP contribution in [0.5, 0.6) is 0 Å². The Hall–Kier alpha value is -0.570. The van der Waals surface area contributed by atoms with Crippen LogP contribution >= 0.6 is 0 Å². The molecule has 0 heterocycles. The summed E-state index contributed by atoms with van der Waals surface area (Å²) in [5.41, 5.74) is 0. The molecule has 0 spiro atoms. The lowest BCUT2D eigenvalue weighted by Crippen LogP contribution is -2.23. The Morgan fingerprint density at radius 3 is 2.23 bits per heavy atom. The number of esters is 1. The van der Waals surface area contributed by atoms with Crippen LogP contribution in [0.4, 0.5) is 0 Å². The summed E-state index contributed by atoms with van der Waals surface area (Å²) in [4.78, 5) is 11.2. The van der Waals surface area contributed by atoms with Gasteiger partial charge in [-0.25, -0.2) is 0 Å². The van der Waals surface area contributed by atoms with Crippen LogP contribution in [0.15, 0.2) is 0 Å². The van der Waals surface area contributed by atoms with E-state index in [1.807, 2.05) is 6.92 Å². The van der Waals surface area contributed by atoms with Gasteiger partial charge in [0.2, 0.25) is 0 Å². The van der Waals surface area contributed by atoms with Gasteiger partial charge in [-0.05, 0) is 26.2 Å². The third-order valence-corrected chi connectivity index (χ3v) is 1.80. The summed E-state index contributed by atoms with van der Waals surface area (Å²) in [7, 11) is 0. The summed E-state index contributed by atoms with van der Waals surface area (Å²) in [5, 5.41) is 8.70. The van der Waals surface area contributed by atoms with Gasteiger partial charge in [-0.3, -0.25) is 4.79 Å². The molecule has 0 aliphatic carbocycles. The van der Waals surface area contributed by atoms with Crippen LogP contribution in [0.2, 0.25) is 0 Å². The zero-order valence-corrected chi connectivity index (χ0v) is 8.91. The summed E-state index contributed by atoms with van der Waals surface area (Å²) in [6.45, 7) is 7.55. The minimum absolute atomic E-state index is 0.0542. The lowest BCUT2D eigenvalue weighted by molar-refractivity contribution is -0.154. The first-order chi connectivity index (χ1) is 5.97. The van der Waals surface area contributed by atoms with E-state index < -0.39 is 5.92 Å². The largest absolute Gasteiger partial charge is 0.462 e. The molecule has 78 valence electrons. The van der Waals surface area contributed by atoms with Gasteiger partial charge in [0.15, 0.2) is 0 Å². The molecule has 3 heteroatoms. The maximum absolute atomic E-state index is 11.2. The Morgan fingerprint density at radius 2 is 1.85 bits per heavy atom. The first kappa shape index (κ1) is 12.4. The van der Waals surface area contributed by atoms with Gasteiger partial charge in [0.1, 0.15) is 0 Å². The van der Waals surface area contributed by atoms with Crippen molar-refractivity contribution in [2.24, 2.45) is 11.8 Å². The molecule has 0 saturated carbocycles. The molecule has 1 N–H and O–H groups in total. The van der Waals surface area contributed by atoms with E-state index in [0.29, 0.717) is 5.92 Å². The van der Waals surface area contributed by atoms with E-state index >= 15 is 0 Å². The van der Waals surface area contributed by atoms with Crippen LogP contribution in [0.25, 0.3) is 0 Å². The van der Waals surface area contributed by atoms with Crippen molar-refractivity contribution < 1.29 is 14.6 Å². The Kier molecular flexibility index (Phi) is 5.71. The van der Waals surface area contributed by atoms with E-state index in [2.05, 4.69) is 13.8 Å². The van der Waals surface area contributed by atoms with Gasteiger partial charge < -0.3 is 9.84 Å². The zero-order chi connectivity index (χ0) is 10.4. The molecule has 0 amide bonds. The second kappa shape index (κ2) is 5.97. The average molecular weight is 188 g/mol. The smallest absolute Gasteiger partial charge is 0.311 e. The number of hydrogen-bond acceptors (Lipinski definition) is 3. The Bertz CT molecular complexity index is 154. The topological polar surface area (TPSA) is 46.5 Å².